The highest BCUT2D eigenvalue weighted by Gasteiger charge is 2.42. The Hall–Kier alpha value is -4.86. The maximum absolute atomic E-state index is 3.47. The lowest BCUT2D eigenvalue weighted by Gasteiger charge is -2.21. The molecule has 3 heteroatoms. The molecule has 0 amide bonds. The smallest absolute Gasteiger partial charge is 0.0543 e. The van der Waals surface area contributed by atoms with Gasteiger partial charge in [0, 0.05) is 33.1 Å². The molecular weight excluding hydrogens is 607 g/mol. The van der Waals surface area contributed by atoms with Crippen LogP contribution in [-0.4, -0.2) is 11.0 Å². The second kappa shape index (κ2) is 15.8. The molecule has 1 aromatic heterocycles. The first-order valence-corrected chi connectivity index (χ1v) is 18.7. The minimum absolute atomic E-state index is 0.325. The summed E-state index contributed by atoms with van der Waals surface area (Å²) >= 11 is 0. The number of hydrogen-bond acceptors (Lipinski definition) is 2. The number of nitrogens with one attached hydrogen (secondary N) is 3. The summed E-state index contributed by atoms with van der Waals surface area (Å²) in [6, 6.07) is 20.2. The summed E-state index contributed by atoms with van der Waals surface area (Å²) in [4.78, 5) is 3.47. The minimum atomic E-state index is 0.325. The highest BCUT2D eigenvalue weighted by molar-refractivity contribution is 6.02. The highest BCUT2D eigenvalue weighted by atomic mass is 15.4. The van der Waals surface area contributed by atoms with Gasteiger partial charge >= 0.3 is 0 Å². The van der Waals surface area contributed by atoms with E-state index >= 15 is 0 Å². The van der Waals surface area contributed by atoms with E-state index in [1.165, 1.54) is 85.9 Å². The van der Waals surface area contributed by atoms with Gasteiger partial charge in [0.15, 0.2) is 0 Å². The van der Waals surface area contributed by atoms with Crippen LogP contribution in [0, 0.1) is 5.92 Å². The Kier molecular flexibility index (Phi) is 10.6. The Bertz CT molecular complexity index is 2200. The van der Waals surface area contributed by atoms with Crippen molar-refractivity contribution < 1.29 is 0 Å². The van der Waals surface area contributed by atoms with E-state index in [-0.39, 0.29) is 0 Å². The quantitative estimate of drug-likeness (QED) is 0.187. The van der Waals surface area contributed by atoms with Gasteiger partial charge in [0.2, 0.25) is 0 Å². The minimum Gasteiger partial charge on any atom is -0.355 e. The van der Waals surface area contributed by atoms with Crippen molar-refractivity contribution >= 4 is 45.1 Å². The fourth-order valence-corrected chi connectivity index (χ4v) is 7.63. The molecule has 0 spiro atoms. The molecule has 0 saturated heterocycles. The zero-order chi connectivity index (χ0) is 34.3. The molecule has 9 rings (SSSR count). The Labute approximate surface area is 297 Å². The summed E-state index contributed by atoms with van der Waals surface area (Å²) in [5, 5.41) is 6.81. The Morgan fingerprint density at radius 2 is 1.64 bits per heavy atom. The predicted octanol–water partition coefficient (Wildman–Crippen LogP) is 10.5. The van der Waals surface area contributed by atoms with Crippen LogP contribution in [0.1, 0.15) is 88.3 Å². The fourth-order valence-electron chi connectivity index (χ4n) is 7.63. The van der Waals surface area contributed by atoms with Crippen LogP contribution in [0.5, 0.6) is 0 Å². The van der Waals surface area contributed by atoms with Gasteiger partial charge in [-0.05, 0) is 116 Å². The normalized spacial score (nSPS) is 21.5. The van der Waals surface area contributed by atoms with Gasteiger partial charge in [-0.15, -0.1) is 0 Å². The van der Waals surface area contributed by atoms with E-state index in [0.29, 0.717) is 6.04 Å². The van der Waals surface area contributed by atoms with Gasteiger partial charge in [0.25, 0.3) is 0 Å². The van der Waals surface area contributed by atoms with Crippen LogP contribution in [0.4, 0.5) is 0 Å². The summed E-state index contributed by atoms with van der Waals surface area (Å²) in [6.45, 7) is 6.58. The van der Waals surface area contributed by atoms with Crippen molar-refractivity contribution in [3.8, 4) is 0 Å². The topological polar surface area (TPSA) is 39.9 Å². The summed E-state index contributed by atoms with van der Waals surface area (Å²) in [7, 11) is 0. The number of rotatable bonds is 5. The summed E-state index contributed by atoms with van der Waals surface area (Å²) < 4.78 is 0. The third-order valence-electron chi connectivity index (χ3n) is 10.3. The molecule has 4 aromatic rings. The lowest BCUT2D eigenvalue weighted by atomic mass is 9.84. The predicted molar refractivity (Wildman–Crippen MR) is 217 cm³/mol. The molecule has 2 heterocycles. The second-order valence-electron chi connectivity index (χ2n) is 14.1. The maximum atomic E-state index is 3.47. The molecule has 5 aliphatic rings. The van der Waals surface area contributed by atoms with Crippen LogP contribution in [0.3, 0.4) is 0 Å². The van der Waals surface area contributed by atoms with Gasteiger partial charge in [-0.1, -0.05) is 128 Å². The first kappa shape index (κ1) is 33.6. The molecule has 254 valence electrons. The van der Waals surface area contributed by atoms with Gasteiger partial charge < -0.3 is 10.4 Å². The molecule has 0 radical (unpaired) electrons. The van der Waals surface area contributed by atoms with Gasteiger partial charge in [-0.25, -0.2) is 5.43 Å². The molecule has 3 unspecified atom stereocenters. The third kappa shape index (κ3) is 7.64. The monoisotopic (exact) mass is 657 g/mol. The molecule has 3 atom stereocenters. The zero-order valence-corrected chi connectivity index (χ0v) is 29.9. The molecule has 3 aromatic carbocycles. The SMILES string of the molecule is C1=c2[nH]c3ccccc3c2=CCCC1.CC/C=C\C=C/CC1C=C(c2cc3c(c4ccccc24)C(C)=CC2CC32)NN1.CC1=CC=CC=CC1. The van der Waals surface area contributed by atoms with Crippen LogP contribution in [0.2, 0.25) is 0 Å². The number of fused-ring (bicyclic) bond motifs is 8. The van der Waals surface area contributed by atoms with Crippen LogP contribution in [-0.2, 0) is 0 Å². The van der Waals surface area contributed by atoms with E-state index in [2.05, 4.69) is 170 Å². The molecular formula is C47H51N3. The van der Waals surface area contributed by atoms with Crippen molar-refractivity contribution in [1.82, 2.24) is 15.8 Å². The van der Waals surface area contributed by atoms with Crippen molar-refractivity contribution in [3.63, 3.8) is 0 Å². The first-order valence-electron chi connectivity index (χ1n) is 18.7. The zero-order valence-electron chi connectivity index (χ0n) is 29.9. The number of para-hydroxylation sites is 1. The number of aromatic amines is 1. The van der Waals surface area contributed by atoms with E-state index in [1.54, 1.807) is 5.56 Å². The molecule has 4 aliphatic carbocycles. The average molecular weight is 658 g/mol. The van der Waals surface area contributed by atoms with E-state index in [9.17, 15) is 0 Å². The van der Waals surface area contributed by atoms with Crippen molar-refractivity contribution in [2.24, 2.45) is 5.92 Å². The summed E-state index contributed by atoms with van der Waals surface area (Å²) in [5.41, 5.74) is 16.6. The molecule has 1 aliphatic heterocycles. The lowest BCUT2D eigenvalue weighted by molar-refractivity contribution is 0.595. The van der Waals surface area contributed by atoms with Crippen LogP contribution in [0.15, 0.2) is 127 Å². The van der Waals surface area contributed by atoms with Crippen molar-refractivity contribution in [1.29, 1.82) is 0 Å². The third-order valence-corrected chi connectivity index (χ3v) is 10.3. The summed E-state index contributed by atoms with van der Waals surface area (Å²) in [5.74, 6) is 1.49. The molecule has 3 nitrogen and oxygen atoms in total. The second-order valence-corrected chi connectivity index (χ2v) is 14.1. The van der Waals surface area contributed by atoms with Crippen LogP contribution < -0.4 is 21.4 Å². The Balaban J connectivity index is 0.000000146. The largest absolute Gasteiger partial charge is 0.355 e. The van der Waals surface area contributed by atoms with E-state index in [4.69, 9.17) is 0 Å². The number of allylic oxidation sites excluding steroid dienone is 11. The fraction of sp³-hybridized carbons (Fsp3) is 0.277. The van der Waals surface area contributed by atoms with E-state index in [1.807, 2.05) is 0 Å². The Morgan fingerprint density at radius 1 is 0.840 bits per heavy atom. The number of hydrazine groups is 1. The number of hydrogen-bond donors (Lipinski definition) is 3. The maximum Gasteiger partial charge on any atom is 0.0543 e. The lowest BCUT2D eigenvalue weighted by Crippen LogP contribution is -2.31. The average Bonchev–Trinajstić information content (AvgIpc) is 3.79. The Morgan fingerprint density at radius 3 is 2.52 bits per heavy atom. The van der Waals surface area contributed by atoms with Gasteiger partial charge in [-0.3, -0.25) is 0 Å². The molecule has 50 heavy (non-hydrogen) atoms. The highest BCUT2D eigenvalue weighted by Crippen LogP contribution is 2.56. The van der Waals surface area contributed by atoms with Crippen molar-refractivity contribution in [2.75, 3.05) is 0 Å². The first-order chi connectivity index (χ1) is 24.6. The number of H-pyrrole nitrogens is 1. The van der Waals surface area contributed by atoms with E-state index < -0.39 is 0 Å². The molecule has 1 saturated carbocycles. The van der Waals surface area contributed by atoms with Gasteiger partial charge in [-0.2, -0.15) is 0 Å². The summed E-state index contributed by atoms with van der Waals surface area (Å²) in [6.07, 6.45) is 36.9. The van der Waals surface area contributed by atoms with Gasteiger partial charge in [0.05, 0.1) is 5.70 Å². The van der Waals surface area contributed by atoms with Crippen LogP contribution in [0.25, 0.3) is 45.1 Å². The van der Waals surface area contributed by atoms with Crippen molar-refractivity contribution in [3.05, 3.63) is 154 Å². The van der Waals surface area contributed by atoms with Crippen molar-refractivity contribution in [2.45, 2.75) is 77.7 Å². The van der Waals surface area contributed by atoms with Gasteiger partial charge in [0.1, 0.15) is 0 Å². The molecule has 1 fully saturated rings. The number of aromatic nitrogens is 1. The van der Waals surface area contributed by atoms with Crippen LogP contribution >= 0.6 is 0 Å². The molecule has 0 bridgehead atoms. The molecule has 3 N–H and O–H groups in total. The standard InChI is InChI=1S/C26H28N2.C13H13N.C8H10/c1-3-4-5-6-7-10-19-15-25(28-27-19)23-16-24-22-14-18(22)13-17(2)26(24)21-12-9-8-11-20(21)23;1-2-6-10-11-7-4-5-9-13(11)14-12(10)8-3-1;1-8-6-4-2-3-5-7-8/h4-9,11-13,15-16,18-19,22,27-28H,3,10,14H2,1-2H3;4-9,14H,1-3H2;2-6H,7H2,1H3/b5-4-,7-6-;;. The van der Waals surface area contributed by atoms with E-state index in [0.717, 1.165) is 31.1 Å². The number of benzene rings is 3.